The predicted octanol–water partition coefficient (Wildman–Crippen LogP) is -0.109. The van der Waals surface area contributed by atoms with Gasteiger partial charge < -0.3 is 80.9 Å². The first-order chi connectivity index (χ1) is 31.0. The number of carbonyl (C=O) groups is 3. The number of ketones is 1. The number of aliphatic hydroxyl groups excluding tert-OH is 9. The van der Waals surface area contributed by atoms with E-state index in [0.29, 0.717) is 0 Å². The van der Waals surface area contributed by atoms with Gasteiger partial charge in [0.15, 0.2) is 17.9 Å². The van der Waals surface area contributed by atoms with Gasteiger partial charge in [-0.1, -0.05) is 98.9 Å². The van der Waals surface area contributed by atoms with Gasteiger partial charge in [-0.05, 0) is 13.8 Å². The van der Waals surface area contributed by atoms with Crippen LogP contribution >= 0.6 is 0 Å². The van der Waals surface area contributed by atoms with Crippen molar-refractivity contribution in [2.24, 2.45) is 23.5 Å². The molecule has 13 N–H and O–H groups in total. The summed E-state index contributed by atoms with van der Waals surface area (Å²) in [5.74, 6) is -8.25. The van der Waals surface area contributed by atoms with E-state index in [1.807, 2.05) is 0 Å². The Morgan fingerprint density at radius 1 is 0.667 bits per heavy atom. The van der Waals surface area contributed by atoms with Crippen molar-refractivity contribution in [3.8, 4) is 0 Å². The van der Waals surface area contributed by atoms with E-state index in [1.165, 1.54) is 13.0 Å². The molecule has 372 valence electrons. The van der Waals surface area contributed by atoms with Crippen LogP contribution in [0.5, 0.6) is 0 Å². The van der Waals surface area contributed by atoms with Crippen molar-refractivity contribution in [2.45, 2.75) is 170 Å². The number of cyclic esters (lactones) is 1. The van der Waals surface area contributed by atoms with Crippen LogP contribution in [-0.4, -0.2) is 171 Å². The third-order valence-corrected chi connectivity index (χ3v) is 11.9. The molecule has 2 bridgehead atoms. The molecule has 0 radical (unpaired) electrons. The van der Waals surface area contributed by atoms with Gasteiger partial charge in [-0.25, -0.2) is 0 Å². The topological polar surface area (TPSA) is 337 Å². The van der Waals surface area contributed by atoms with Gasteiger partial charge in [0.1, 0.15) is 24.2 Å². The molecule has 3 aliphatic heterocycles. The fourth-order valence-electron chi connectivity index (χ4n) is 7.92. The van der Waals surface area contributed by atoms with Crippen LogP contribution in [0.2, 0.25) is 0 Å². The average molecular weight is 938 g/mol. The van der Waals surface area contributed by atoms with Crippen LogP contribution in [0.3, 0.4) is 0 Å². The molecular weight excluding hydrogens is 867 g/mol. The third kappa shape index (κ3) is 18.0. The minimum Gasteiger partial charge on any atom is -0.481 e. The van der Waals surface area contributed by atoms with E-state index in [9.17, 15) is 70.6 Å². The third-order valence-electron chi connectivity index (χ3n) is 11.9. The number of esters is 1. The van der Waals surface area contributed by atoms with Crippen LogP contribution in [0.25, 0.3) is 0 Å². The Morgan fingerprint density at radius 2 is 1.21 bits per heavy atom. The van der Waals surface area contributed by atoms with Crippen molar-refractivity contribution >= 4 is 17.7 Å². The second kappa shape index (κ2) is 27.3. The number of aliphatic carboxylic acids is 1. The van der Waals surface area contributed by atoms with E-state index in [1.54, 1.807) is 99.8 Å². The van der Waals surface area contributed by atoms with Crippen molar-refractivity contribution in [1.82, 2.24) is 0 Å². The number of aliphatic hydroxyl groups is 10. The van der Waals surface area contributed by atoms with Crippen LogP contribution < -0.4 is 5.73 Å². The zero-order chi connectivity index (χ0) is 49.3. The summed E-state index contributed by atoms with van der Waals surface area (Å²) >= 11 is 0. The molecule has 0 unspecified atom stereocenters. The number of rotatable bonds is 3. The highest BCUT2D eigenvalue weighted by Gasteiger charge is 2.51. The molecule has 0 amide bonds. The summed E-state index contributed by atoms with van der Waals surface area (Å²) in [6, 6.07) is -1.17. The molecule has 19 atom stereocenters. The Morgan fingerprint density at radius 3 is 1.79 bits per heavy atom. The van der Waals surface area contributed by atoms with E-state index in [4.69, 9.17) is 24.7 Å². The van der Waals surface area contributed by atoms with Gasteiger partial charge in [-0.15, -0.1) is 0 Å². The second-order valence-electron chi connectivity index (χ2n) is 17.5. The molecule has 19 nitrogen and oxygen atoms in total. The van der Waals surface area contributed by atoms with Crippen LogP contribution in [0, 0.1) is 17.8 Å². The number of allylic oxidation sites excluding steroid dienone is 12. The van der Waals surface area contributed by atoms with Gasteiger partial charge in [0.25, 0.3) is 0 Å². The lowest BCUT2D eigenvalue weighted by atomic mass is 9.82. The van der Waals surface area contributed by atoms with Crippen molar-refractivity contribution in [3.05, 3.63) is 85.1 Å². The number of hydrogen-bond donors (Lipinski definition) is 12. The number of carboxylic acid groups (broad SMARTS) is 1. The Labute approximate surface area is 385 Å². The Bertz CT molecular complexity index is 1750. The molecule has 0 aliphatic carbocycles. The van der Waals surface area contributed by atoms with Crippen molar-refractivity contribution in [2.75, 3.05) is 0 Å². The molecule has 66 heavy (non-hydrogen) atoms. The first-order valence-corrected chi connectivity index (χ1v) is 22.3. The van der Waals surface area contributed by atoms with Crippen LogP contribution in [-0.2, 0) is 33.3 Å². The van der Waals surface area contributed by atoms with Crippen molar-refractivity contribution < 1.29 is 89.5 Å². The predicted molar refractivity (Wildman–Crippen MR) is 237 cm³/mol. The lowest BCUT2D eigenvalue weighted by Crippen LogP contribution is -2.61. The molecule has 2 saturated heterocycles. The van der Waals surface area contributed by atoms with Gasteiger partial charge in [0.2, 0.25) is 0 Å². The fraction of sp³-hybridized carbons (Fsp3) is 0.638. The van der Waals surface area contributed by atoms with E-state index in [2.05, 4.69) is 0 Å². The number of fused-ring (bicyclic) bond motifs is 2. The normalized spacial score (nSPS) is 45.0. The number of carbonyl (C=O) groups excluding carboxylic acids is 2. The first kappa shape index (κ1) is 56.6. The maximum atomic E-state index is 12.8. The zero-order valence-electron chi connectivity index (χ0n) is 37.8. The summed E-state index contributed by atoms with van der Waals surface area (Å²) in [7, 11) is 0. The smallest absolute Gasteiger partial charge is 0.311 e. The molecule has 0 aromatic heterocycles. The highest BCUT2D eigenvalue weighted by atomic mass is 16.7. The second-order valence-corrected chi connectivity index (χ2v) is 17.5. The summed E-state index contributed by atoms with van der Waals surface area (Å²) in [5.41, 5.74) is 6.01. The van der Waals surface area contributed by atoms with Gasteiger partial charge in [-0.2, -0.15) is 0 Å². The number of hydrogen-bond acceptors (Lipinski definition) is 18. The molecule has 0 aromatic carbocycles. The summed E-state index contributed by atoms with van der Waals surface area (Å²) in [6.07, 6.45) is -0.206. The summed E-state index contributed by atoms with van der Waals surface area (Å²) < 4.78 is 23.0. The number of ether oxygens (including phenoxy) is 4. The monoisotopic (exact) mass is 937 g/mol. The lowest BCUT2D eigenvalue weighted by molar-refractivity contribution is -0.308. The molecule has 3 rings (SSSR count). The summed E-state index contributed by atoms with van der Waals surface area (Å²) in [4.78, 5) is 37.9. The fourth-order valence-corrected chi connectivity index (χ4v) is 7.92. The highest BCUT2D eigenvalue weighted by Crippen LogP contribution is 2.38. The van der Waals surface area contributed by atoms with Gasteiger partial charge in [0.05, 0.1) is 73.5 Å². The molecule has 0 aromatic rings. The molecule has 3 heterocycles. The summed E-state index contributed by atoms with van der Waals surface area (Å²) in [5, 5.41) is 118. The summed E-state index contributed by atoms with van der Waals surface area (Å²) in [6.45, 7) is 6.62. The number of nitrogens with two attached hydrogens (primary N) is 1. The Kier molecular flexibility index (Phi) is 23.4. The zero-order valence-corrected chi connectivity index (χ0v) is 37.8. The van der Waals surface area contributed by atoms with Crippen LogP contribution in [0.15, 0.2) is 85.1 Å². The quantitative estimate of drug-likeness (QED) is 0.164. The van der Waals surface area contributed by atoms with Gasteiger partial charge >= 0.3 is 11.9 Å². The first-order valence-electron chi connectivity index (χ1n) is 22.3. The van der Waals surface area contributed by atoms with Crippen LogP contribution in [0.1, 0.15) is 72.6 Å². The largest absolute Gasteiger partial charge is 0.481 e. The highest BCUT2D eigenvalue weighted by molar-refractivity contribution is 5.83. The van der Waals surface area contributed by atoms with Crippen molar-refractivity contribution in [3.63, 3.8) is 0 Å². The number of carboxylic acids is 1. The minimum absolute atomic E-state index is 0.317. The molecule has 2 fully saturated rings. The molecule has 19 heteroatoms. The SMILES string of the molecule is C[C@@H]1[C@H](O)[C@@H](C)\C=C/C=C\C=C/C=C\C=C/C=C\C=C\[C@H](O[C@@H]2O[C@H](C)[C@@H](O)[C@H](N)[C@@H]2O)C[C@@H]2O[C@](O)(C[C@@H](O)C[C@@H](O)[C@H](O)C(=O)C[C@@H](O)C[C@@H](O)CC(=O)O[C@H]1C)C[C@H](O)[C@H]2C(=O)O. The average Bonchev–Trinajstić information content (AvgIpc) is 3.22. The standard InChI is InChI=1S/C47H71NO18/c1-26-17-15-13-11-9-7-5-6-8-10-12-14-16-18-33(65-46-44(59)40(48)42(57)29(4)64-46)23-37-39(45(60)61)36(54)25-47(62,66-37)24-32(51)21-35(53)43(58)34(52)20-30(49)19-31(50)22-38(55)63-28(3)27(2)41(26)56/h5-18,26-33,35-37,39-44,46,49-51,53-54,56-59,62H,19-25,48H2,1-4H3,(H,60,61)/b6-5-,9-7-,10-8-,13-11-,14-12-,17-15-,18-16+/t26-,27-,28-,29+,30-,31+,32-,33-,35+,36-,37-,39+,40-,41+,42+,43+,44-,46-,47+/m0/s1. The van der Waals surface area contributed by atoms with E-state index >= 15 is 0 Å². The van der Waals surface area contributed by atoms with E-state index in [0.717, 1.165) is 0 Å². The maximum absolute atomic E-state index is 12.8. The van der Waals surface area contributed by atoms with Crippen LogP contribution in [0.4, 0.5) is 0 Å². The molecule has 0 spiro atoms. The molecule has 0 saturated carbocycles. The minimum atomic E-state index is -2.42. The maximum Gasteiger partial charge on any atom is 0.311 e. The molecular formula is C47H71NO18. The molecule has 3 aliphatic rings. The van der Waals surface area contributed by atoms with Crippen molar-refractivity contribution in [1.29, 1.82) is 0 Å². The number of Topliss-reactive ketones (excluding diaryl/α,β-unsaturated/α-hetero) is 1. The Balaban J connectivity index is 1.89. The van der Waals surface area contributed by atoms with Gasteiger partial charge in [0, 0.05) is 50.4 Å². The van der Waals surface area contributed by atoms with Gasteiger partial charge in [-0.3, -0.25) is 14.4 Å². The van der Waals surface area contributed by atoms with E-state index in [-0.39, 0.29) is 12.3 Å². The van der Waals surface area contributed by atoms with E-state index < -0.39 is 166 Å². The lowest BCUT2D eigenvalue weighted by Gasteiger charge is -2.45. The Hall–Kier alpha value is -3.77.